The SMILES string of the molecule is COCCCOC(=O)CCCCCO. The highest BCUT2D eigenvalue weighted by atomic mass is 16.5. The minimum atomic E-state index is -0.154. The summed E-state index contributed by atoms with van der Waals surface area (Å²) in [6, 6.07) is 0. The number of methoxy groups -OCH3 is 1. The second-order valence-corrected chi connectivity index (χ2v) is 3.10. The number of carbonyl (C=O) groups is 1. The summed E-state index contributed by atoms with van der Waals surface area (Å²) in [5.41, 5.74) is 0. The Hall–Kier alpha value is -0.610. The van der Waals surface area contributed by atoms with Crippen LogP contribution in [0.2, 0.25) is 0 Å². The van der Waals surface area contributed by atoms with Gasteiger partial charge in [-0.15, -0.1) is 0 Å². The summed E-state index contributed by atoms with van der Waals surface area (Å²) in [5, 5.41) is 8.50. The predicted molar refractivity (Wildman–Crippen MR) is 53.0 cm³/mol. The molecule has 0 rings (SSSR count). The second-order valence-electron chi connectivity index (χ2n) is 3.10. The van der Waals surface area contributed by atoms with Crippen LogP contribution in [-0.4, -0.2) is 38.0 Å². The molecule has 4 nitrogen and oxygen atoms in total. The zero-order valence-electron chi connectivity index (χ0n) is 8.83. The standard InChI is InChI=1S/C10H20O4/c1-13-8-5-9-14-10(12)6-3-2-4-7-11/h11H,2-9H2,1H3. The normalized spacial score (nSPS) is 10.1. The van der Waals surface area contributed by atoms with E-state index in [2.05, 4.69) is 0 Å². The Morgan fingerprint density at radius 3 is 2.57 bits per heavy atom. The van der Waals surface area contributed by atoms with Gasteiger partial charge in [0.05, 0.1) is 6.61 Å². The summed E-state index contributed by atoms with van der Waals surface area (Å²) in [6.07, 6.45) is 3.64. The van der Waals surface area contributed by atoms with Crippen molar-refractivity contribution in [2.24, 2.45) is 0 Å². The lowest BCUT2D eigenvalue weighted by Crippen LogP contribution is -2.07. The van der Waals surface area contributed by atoms with E-state index in [0.717, 1.165) is 25.7 Å². The molecule has 0 amide bonds. The average molecular weight is 204 g/mol. The molecule has 0 aliphatic carbocycles. The van der Waals surface area contributed by atoms with Crippen molar-refractivity contribution >= 4 is 5.97 Å². The first-order chi connectivity index (χ1) is 6.81. The van der Waals surface area contributed by atoms with Crippen LogP contribution in [0.1, 0.15) is 32.1 Å². The van der Waals surface area contributed by atoms with Gasteiger partial charge in [-0.2, -0.15) is 0 Å². The largest absolute Gasteiger partial charge is 0.466 e. The van der Waals surface area contributed by atoms with E-state index in [1.807, 2.05) is 0 Å². The van der Waals surface area contributed by atoms with Gasteiger partial charge in [0.15, 0.2) is 0 Å². The molecule has 0 bridgehead atoms. The van der Waals surface area contributed by atoms with Crippen LogP contribution in [0.15, 0.2) is 0 Å². The summed E-state index contributed by atoms with van der Waals surface area (Å²) in [6.45, 7) is 1.26. The molecule has 0 atom stereocenters. The summed E-state index contributed by atoms with van der Waals surface area (Å²) >= 11 is 0. The zero-order valence-corrected chi connectivity index (χ0v) is 8.83. The molecule has 0 heterocycles. The van der Waals surface area contributed by atoms with Crippen molar-refractivity contribution in [2.45, 2.75) is 32.1 Å². The molecule has 0 fully saturated rings. The summed E-state index contributed by atoms with van der Waals surface area (Å²) in [7, 11) is 1.62. The monoisotopic (exact) mass is 204 g/mol. The van der Waals surface area contributed by atoms with E-state index < -0.39 is 0 Å². The van der Waals surface area contributed by atoms with Crippen molar-refractivity contribution in [3.8, 4) is 0 Å². The summed E-state index contributed by atoms with van der Waals surface area (Å²) in [4.78, 5) is 11.0. The minimum Gasteiger partial charge on any atom is -0.466 e. The van der Waals surface area contributed by atoms with Crippen LogP contribution in [0, 0.1) is 0 Å². The molecule has 0 saturated heterocycles. The fourth-order valence-electron chi connectivity index (χ4n) is 1.02. The van der Waals surface area contributed by atoms with E-state index in [-0.39, 0.29) is 12.6 Å². The maximum absolute atomic E-state index is 11.0. The molecule has 0 aliphatic rings. The number of hydrogen-bond acceptors (Lipinski definition) is 4. The number of hydrogen-bond donors (Lipinski definition) is 1. The first-order valence-electron chi connectivity index (χ1n) is 5.06. The van der Waals surface area contributed by atoms with E-state index in [0.29, 0.717) is 19.6 Å². The maximum Gasteiger partial charge on any atom is 0.305 e. The van der Waals surface area contributed by atoms with Gasteiger partial charge in [-0.3, -0.25) is 4.79 Å². The molecule has 84 valence electrons. The zero-order chi connectivity index (χ0) is 10.6. The maximum atomic E-state index is 11.0. The van der Waals surface area contributed by atoms with Crippen molar-refractivity contribution in [1.29, 1.82) is 0 Å². The fraction of sp³-hybridized carbons (Fsp3) is 0.900. The molecule has 0 aromatic heterocycles. The van der Waals surface area contributed by atoms with Gasteiger partial charge in [0, 0.05) is 33.2 Å². The third-order valence-electron chi connectivity index (χ3n) is 1.79. The summed E-state index contributed by atoms with van der Waals surface area (Å²) < 4.78 is 9.76. The first-order valence-corrected chi connectivity index (χ1v) is 5.06. The minimum absolute atomic E-state index is 0.154. The van der Waals surface area contributed by atoms with Crippen molar-refractivity contribution in [2.75, 3.05) is 26.9 Å². The van der Waals surface area contributed by atoms with Gasteiger partial charge >= 0.3 is 5.97 Å². The average Bonchev–Trinajstić information content (AvgIpc) is 2.19. The molecule has 0 spiro atoms. The van der Waals surface area contributed by atoms with Crippen LogP contribution >= 0.6 is 0 Å². The Kier molecular flexibility index (Phi) is 10.0. The molecule has 0 radical (unpaired) electrons. The lowest BCUT2D eigenvalue weighted by molar-refractivity contribution is -0.144. The first kappa shape index (κ1) is 13.4. The number of carbonyl (C=O) groups excluding carboxylic acids is 1. The molecule has 14 heavy (non-hydrogen) atoms. The van der Waals surface area contributed by atoms with Crippen molar-refractivity contribution in [3.05, 3.63) is 0 Å². The highest BCUT2D eigenvalue weighted by Crippen LogP contribution is 2.00. The van der Waals surface area contributed by atoms with Gasteiger partial charge in [0.1, 0.15) is 0 Å². The van der Waals surface area contributed by atoms with E-state index in [1.165, 1.54) is 0 Å². The molecular weight excluding hydrogens is 184 g/mol. The van der Waals surface area contributed by atoms with Gasteiger partial charge in [-0.25, -0.2) is 0 Å². The van der Waals surface area contributed by atoms with Gasteiger partial charge in [0.2, 0.25) is 0 Å². The van der Waals surface area contributed by atoms with Crippen LogP contribution in [0.4, 0.5) is 0 Å². The smallest absolute Gasteiger partial charge is 0.305 e. The number of rotatable bonds is 9. The Labute approximate surface area is 85.2 Å². The van der Waals surface area contributed by atoms with E-state index >= 15 is 0 Å². The van der Waals surface area contributed by atoms with Crippen molar-refractivity contribution < 1.29 is 19.4 Å². The Balaban J connectivity index is 3.11. The third-order valence-corrected chi connectivity index (χ3v) is 1.79. The molecule has 4 heteroatoms. The molecule has 0 saturated carbocycles. The third kappa shape index (κ3) is 9.48. The highest BCUT2D eigenvalue weighted by Gasteiger charge is 2.01. The molecule has 1 N–H and O–H groups in total. The Morgan fingerprint density at radius 2 is 1.93 bits per heavy atom. The van der Waals surface area contributed by atoms with E-state index in [9.17, 15) is 4.79 Å². The number of unbranched alkanes of at least 4 members (excludes halogenated alkanes) is 2. The van der Waals surface area contributed by atoms with Crippen LogP contribution in [-0.2, 0) is 14.3 Å². The van der Waals surface area contributed by atoms with Crippen LogP contribution in [0.25, 0.3) is 0 Å². The second kappa shape index (κ2) is 10.5. The lowest BCUT2D eigenvalue weighted by Gasteiger charge is -2.03. The Morgan fingerprint density at radius 1 is 1.14 bits per heavy atom. The Bertz CT molecular complexity index is 122. The van der Waals surface area contributed by atoms with E-state index in [1.54, 1.807) is 7.11 Å². The molecule has 0 aliphatic heterocycles. The quantitative estimate of drug-likeness (QED) is 0.451. The molecule has 0 aromatic carbocycles. The van der Waals surface area contributed by atoms with Gasteiger partial charge < -0.3 is 14.6 Å². The van der Waals surface area contributed by atoms with Gasteiger partial charge in [-0.1, -0.05) is 6.42 Å². The number of aliphatic hydroxyl groups is 1. The van der Waals surface area contributed by atoms with Gasteiger partial charge in [-0.05, 0) is 12.8 Å². The number of aliphatic hydroxyl groups excluding tert-OH is 1. The van der Waals surface area contributed by atoms with Crippen LogP contribution < -0.4 is 0 Å². The van der Waals surface area contributed by atoms with Crippen molar-refractivity contribution in [3.63, 3.8) is 0 Å². The number of esters is 1. The molecular formula is C10H20O4. The highest BCUT2D eigenvalue weighted by molar-refractivity contribution is 5.69. The van der Waals surface area contributed by atoms with Crippen LogP contribution in [0.5, 0.6) is 0 Å². The fourth-order valence-corrected chi connectivity index (χ4v) is 1.02. The van der Waals surface area contributed by atoms with E-state index in [4.69, 9.17) is 14.6 Å². The van der Waals surface area contributed by atoms with Crippen molar-refractivity contribution in [1.82, 2.24) is 0 Å². The molecule has 0 unspecified atom stereocenters. The summed E-state index contributed by atoms with van der Waals surface area (Å²) in [5.74, 6) is -0.154. The lowest BCUT2D eigenvalue weighted by atomic mass is 10.2. The number of ether oxygens (including phenoxy) is 2. The predicted octanol–water partition coefficient (Wildman–Crippen LogP) is 1.12. The van der Waals surface area contributed by atoms with Crippen LogP contribution in [0.3, 0.4) is 0 Å². The topological polar surface area (TPSA) is 55.8 Å². The van der Waals surface area contributed by atoms with Gasteiger partial charge in [0.25, 0.3) is 0 Å². The molecule has 0 aromatic rings.